The number of halogens is 5. The van der Waals surface area contributed by atoms with E-state index in [1.807, 2.05) is 9.80 Å². The van der Waals surface area contributed by atoms with Crippen LogP contribution in [0.4, 0.5) is 33.6 Å². The number of alkyl halides is 5. The summed E-state index contributed by atoms with van der Waals surface area (Å²) in [5.41, 5.74) is -0.00331. The van der Waals surface area contributed by atoms with E-state index in [1.54, 1.807) is 6.20 Å². The summed E-state index contributed by atoms with van der Waals surface area (Å²) in [5, 5.41) is 3.93. The quantitative estimate of drug-likeness (QED) is 0.581. The van der Waals surface area contributed by atoms with Gasteiger partial charge in [0.05, 0.1) is 30.0 Å². The lowest BCUT2D eigenvalue weighted by Gasteiger charge is -2.27. The summed E-state index contributed by atoms with van der Waals surface area (Å²) >= 11 is 0. The summed E-state index contributed by atoms with van der Waals surface area (Å²) in [6, 6.07) is 2.06. The summed E-state index contributed by atoms with van der Waals surface area (Å²) < 4.78 is 66.0. The van der Waals surface area contributed by atoms with Crippen molar-refractivity contribution in [3.8, 4) is 0 Å². The van der Waals surface area contributed by atoms with Crippen LogP contribution >= 0.6 is 0 Å². The molecule has 0 radical (unpaired) electrons. The molecule has 0 N–H and O–H groups in total. The second kappa shape index (κ2) is 7.27. The zero-order valence-corrected chi connectivity index (χ0v) is 16.2. The van der Waals surface area contributed by atoms with Crippen LogP contribution in [0.25, 0.3) is 11.2 Å². The van der Waals surface area contributed by atoms with Gasteiger partial charge in [-0.25, -0.2) is 28.4 Å². The molecule has 164 valence electrons. The van der Waals surface area contributed by atoms with Gasteiger partial charge in [-0.1, -0.05) is 0 Å². The predicted molar refractivity (Wildman–Crippen MR) is 102 cm³/mol. The Balaban J connectivity index is 1.40. The molecule has 0 bridgehead atoms. The molecule has 12 heteroatoms. The third kappa shape index (κ3) is 3.53. The number of fused-ring (bicyclic) bond motifs is 2. The normalized spacial score (nSPS) is 21.5. The molecule has 5 rings (SSSR count). The van der Waals surface area contributed by atoms with Crippen molar-refractivity contribution < 1.29 is 22.0 Å². The second-order valence-electron chi connectivity index (χ2n) is 7.65. The van der Waals surface area contributed by atoms with Crippen molar-refractivity contribution >= 4 is 22.8 Å². The first-order chi connectivity index (χ1) is 14.8. The SMILES string of the molecule is FC(F)Cn1ncc2ncc(N3CC[C@H]4[C@@H]3CCN4c3cc(C(F)(F)F)ccn3)nc21. The largest absolute Gasteiger partial charge is 0.416 e. The van der Waals surface area contributed by atoms with Gasteiger partial charge in [-0.2, -0.15) is 18.3 Å². The summed E-state index contributed by atoms with van der Waals surface area (Å²) in [6.45, 7) is 0.635. The summed E-state index contributed by atoms with van der Waals surface area (Å²) in [4.78, 5) is 16.9. The number of pyridine rings is 1. The van der Waals surface area contributed by atoms with Gasteiger partial charge < -0.3 is 9.80 Å². The number of nitrogens with zero attached hydrogens (tertiary/aromatic N) is 7. The van der Waals surface area contributed by atoms with Crippen LogP contribution in [0.1, 0.15) is 18.4 Å². The molecule has 2 saturated heterocycles. The van der Waals surface area contributed by atoms with E-state index < -0.39 is 24.7 Å². The lowest BCUT2D eigenvalue weighted by molar-refractivity contribution is -0.137. The van der Waals surface area contributed by atoms with Crippen LogP contribution in [0.5, 0.6) is 0 Å². The first kappa shape index (κ1) is 19.9. The molecule has 2 aliphatic heterocycles. The highest BCUT2D eigenvalue weighted by molar-refractivity contribution is 5.71. The average molecular weight is 439 g/mol. The minimum absolute atomic E-state index is 0.0144. The molecule has 2 fully saturated rings. The lowest BCUT2D eigenvalue weighted by atomic mass is 10.1. The van der Waals surface area contributed by atoms with Crippen molar-refractivity contribution in [1.82, 2.24) is 24.7 Å². The minimum atomic E-state index is -4.43. The summed E-state index contributed by atoms with van der Waals surface area (Å²) in [6.07, 6.45) is -1.38. The van der Waals surface area contributed by atoms with Crippen LogP contribution in [0.15, 0.2) is 30.7 Å². The molecule has 31 heavy (non-hydrogen) atoms. The van der Waals surface area contributed by atoms with Crippen LogP contribution in [-0.2, 0) is 12.7 Å². The standard InChI is InChI=1S/C19H18F5N7/c20-15(21)10-31-18-12(8-27-31)26-9-17(28-18)30-6-3-13-14(30)2-5-29(13)16-7-11(1-4-25-16)19(22,23)24/h1,4,7-9,13-15H,2-3,5-6,10H2/t13-,14-/m0/s1. The van der Waals surface area contributed by atoms with E-state index in [2.05, 4.69) is 20.1 Å². The number of anilines is 2. The third-order valence-corrected chi connectivity index (χ3v) is 5.88. The molecule has 0 amide bonds. The maximum absolute atomic E-state index is 13.1. The van der Waals surface area contributed by atoms with Gasteiger partial charge in [0.1, 0.15) is 23.7 Å². The first-order valence-corrected chi connectivity index (χ1v) is 9.84. The Morgan fingerprint density at radius 2 is 1.71 bits per heavy atom. The van der Waals surface area contributed by atoms with Crippen LogP contribution < -0.4 is 9.80 Å². The van der Waals surface area contributed by atoms with Gasteiger partial charge in [-0.15, -0.1) is 0 Å². The minimum Gasteiger partial charge on any atom is -0.351 e. The molecule has 3 aromatic heterocycles. The predicted octanol–water partition coefficient (Wildman–Crippen LogP) is 3.36. The van der Waals surface area contributed by atoms with Crippen molar-refractivity contribution in [3.63, 3.8) is 0 Å². The van der Waals surface area contributed by atoms with Crippen LogP contribution in [0.3, 0.4) is 0 Å². The van der Waals surface area contributed by atoms with E-state index in [9.17, 15) is 22.0 Å². The molecular formula is C19H18F5N7. The van der Waals surface area contributed by atoms with Crippen LogP contribution in [-0.4, -0.2) is 56.3 Å². The van der Waals surface area contributed by atoms with E-state index in [4.69, 9.17) is 0 Å². The fourth-order valence-electron chi connectivity index (χ4n) is 4.55. The highest BCUT2D eigenvalue weighted by atomic mass is 19.4. The zero-order valence-electron chi connectivity index (χ0n) is 16.2. The van der Waals surface area contributed by atoms with E-state index in [0.717, 1.165) is 29.7 Å². The molecule has 0 saturated carbocycles. The number of aromatic nitrogens is 5. The van der Waals surface area contributed by atoms with Crippen molar-refractivity contribution in [3.05, 3.63) is 36.3 Å². The molecule has 2 atom stereocenters. The van der Waals surface area contributed by atoms with Gasteiger partial charge in [-0.3, -0.25) is 0 Å². The van der Waals surface area contributed by atoms with Crippen molar-refractivity contribution in [2.75, 3.05) is 22.9 Å². The Kier molecular flexibility index (Phi) is 4.67. The molecule has 2 aliphatic rings. The fourth-order valence-corrected chi connectivity index (χ4v) is 4.55. The molecular weight excluding hydrogens is 421 g/mol. The Morgan fingerprint density at radius 1 is 1.00 bits per heavy atom. The van der Waals surface area contributed by atoms with E-state index in [1.165, 1.54) is 12.4 Å². The number of rotatable bonds is 4. The molecule has 0 aliphatic carbocycles. The number of hydrogen-bond donors (Lipinski definition) is 0. The lowest BCUT2D eigenvalue weighted by Crippen LogP contribution is -2.37. The Labute approximate surface area is 173 Å². The molecule has 0 unspecified atom stereocenters. The highest BCUT2D eigenvalue weighted by Crippen LogP contribution is 2.38. The smallest absolute Gasteiger partial charge is 0.351 e. The number of hydrogen-bond acceptors (Lipinski definition) is 6. The van der Waals surface area contributed by atoms with Gasteiger partial charge in [-0.05, 0) is 25.0 Å². The van der Waals surface area contributed by atoms with E-state index in [-0.39, 0.29) is 17.7 Å². The first-order valence-electron chi connectivity index (χ1n) is 9.84. The Bertz CT molecular complexity index is 1100. The topological polar surface area (TPSA) is 63.0 Å². The molecule has 7 nitrogen and oxygen atoms in total. The van der Waals surface area contributed by atoms with E-state index in [0.29, 0.717) is 30.2 Å². The summed E-state index contributed by atoms with van der Waals surface area (Å²) in [7, 11) is 0. The molecule has 0 spiro atoms. The maximum Gasteiger partial charge on any atom is 0.416 e. The maximum atomic E-state index is 13.1. The summed E-state index contributed by atoms with van der Waals surface area (Å²) in [5.74, 6) is 0.857. The van der Waals surface area contributed by atoms with Crippen molar-refractivity contribution in [2.24, 2.45) is 0 Å². The second-order valence-corrected chi connectivity index (χ2v) is 7.65. The van der Waals surface area contributed by atoms with Gasteiger partial charge in [0.25, 0.3) is 6.43 Å². The highest BCUT2D eigenvalue weighted by Gasteiger charge is 2.44. The van der Waals surface area contributed by atoms with Crippen LogP contribution in [0, 0.1) is 0 Å². The van der Waals surface area contributed by atoms with E-state index >= 15 is 0 Å². The molecule has 0 aromatic carbocycles. The van der Waals surface area contributed by atoms with Crippen LogP contribution in [0.2, 0.25) is 0 Å². The Morgan fingerprint density at radius 3 is 2.39 bits per heavy atom. The molecule has 5 heterocycles. The third-order valence-electron chi connectivity index (χ3n) is 5.88. The van der Waals surface area contributed by atoms with Crippen molar-refractivity contribution in [2.45, 2.75) is 44.1 Å². The molecule has 3 aromatic rings. The average Bonchev–Trinajstić information content (AvgIpc) is 3.42. The Hall–Kier alpha value is -3.05. The fraction of sp³-hybridized carbons (Fsp3) is 0.474. The van der Waals surface area contributed by atoms with Gasteiger partial charge in [0.15, 0.2) is 5.65 Å². The van der Waals surface area contributed by atoms with Gasteiger partial charge in [0.2, 0.25) is 0 Å². The van der Waals surface area contributed by atoms with Gasteiger partial charge in [0, 0.05) is 19.3 Å². The zero-order chi connectivity index (χ0) is 21.8. The van der Waals surface area contributed by atoms with Crippen molar-refractivity contribution in [1.29, 1.82) is 0 Å². The monoisotopic (exact) mass is 439 g/mol. The van der Waals surface area contributed by atoms with Gasteiger partial charge >= 0.3 is 6.18 Å².